The molecule has 0 aromatic heterocycles. The molecular weight excluding hydrogens is 392 g/mol. The molecule has 4 saturated carbocycles. The molecule has 5 aliphatic rings. The van der Waals surface area contributed by atoms with Gasteiger partial charge >= 0.3 is 0 Å². The summed E-state index contributed by atoms with van der Waals surface area (Å²) < 4.78 is 0. The summed E-state index contributed by atoms with van der Waals surface area (Å²) in [7, 11) is 0. The third-order valence-electron chi connectivity index (χ3n) is 13.0. The van der Waals surface area contributed by atoms with Crippen LogP contribution in [0.25, 0.3) is 0 Å². The highest BCUT2D eigenvalue weighted by Crippen LogP contribution is 2.72. The fourth-order valence-electron chi connectivity index (χ4n) is 10.2. The summed E-state index contributed by atoms with van der Waals surface area (Å²) in [5.41, 5.74) is 1.59. The Hall–Kier alpha value is -0.340. The third-order valence-corrected chi connectivity index (χ3v) is 13.0. The molecule has 2 N–H and O–H groups in total. The van der Waals surface area contributed by atoms with E-state index in [1.807, 2.05) is 0 Å². The first kappa shape index (κ1) is 23.4. The van der Waals surface area contributed by atoms with Crippen molar-refractivity contribution < 1.29 is 10.2 Å². The lowest BCUT2D eigenvalue weighted by Crippen LogP contribution is -2.63. The van der Waals surface area contributed by atoms with Crippen LogP contribution >= 0.6 is 0 Å². The molecule has 2 nitrogen and oxygen atoms in total. The number of hydrogen-bond donors (Lipinski definition) is 2. The highest BCUT2D eigenvalue weighted by molar-refractivity contribution is 5.30. The lowest BCUT2D eigenvalue weighted by molar-refractivity contribution is -0.190. The van der Waals surface area contributed by atoms with E-state index in [2.05, 4.69) is 54.5 Å². The Morgan fingerprint density at radius 3 is 2.31 bits per heavy atom. The third kappa shape index (κ3) is 2.96. The van der Waals surface area contributed by atoms with Gasteiger partial charge in [-0.05, 0) is 110 Å². The number of aliphatic hydroxyl groups excluding tert-OH is 1. The molecule has 0 saturated heterocycles. The van der Waals surface area contributed by atoms with Crippen LogP contribution in [0.5, 0.6) is 0 Å². The monoisotopic (exact) mass is 442 g/mol. The van der Waals surface area contributed by atoms with Crippen molar-refractivity contribution in [1.82, 2.24) is 0 Å². The molecular formula is C30H50O2. The molecule has 0 aromatic carbocycles. The molecule has 32 heavy (non-hydrogen) atoms. The van der Waals surface area contributed by atoms with Crippen LogP contribution in [-0.2, 0) is 0 Å². The van der Waals surface area contributed by atoms with Crippen LogP contribution < -0.4 is 0 Å². The van der Waals surface area contributed by atoms with Gasteiger partial charge in [-0.3, -0.25) is 0 Å². The van der Waals surface area contributed by atoms with Crippen LogP contribution in [0.15, 0.2) is 11.6 Å². The molecule has 4 fully saturated rings. The van der Waals surface area contributed by atoms with E-state index in [1.54, 1.807) is 0 Å². The molecule has 0 radical (unpaired) electrons. The van der Waals surface area contributed by atoms with Crippen LogP contribution in [-0.4, -0.2) is 21.9 Å². The van der Waals surface area contributed by atoms with Crippen LogP contribution in [0.1, 0.15) is 106 Å². The maximum Gasteiger partial charge on any atom is 0.0772 e. The van der Waals surface area contributed by atoms with Crippen LogP contribution in [0.3, 0.4) is 0 Å². The average Bonchev–Trinajstić information content (AvgIpc) is 3.31. The van der Waals surface area contributed by atoms with E-state index in [1.165, 1.54) is 31.3 Å². The number of hydrogen-bond acceptors (Lipinski definition) is 2. The van der Waals surface area contributed by atoms with Gasteiger partial charge < -0.3 is 10.2 Å². The predicted octanol–water partition coefficient (Wildman–Crippen LogP) is 7.00. The molecule has 0 unspecified atom stereocenters. The molecule has 5 rings (SSSR count). The van der Waals surface area contributed by atoms with Gasteiger partial charge in [0.05, 0.1) is 11.7 Å². The smallest absolute Gasteiger partial charge is 0.0772 e. The first-order valence-corrected chi connectivity index (χ1v) is 14.0. The van der Waals surface area contributed by atoms with Gasteiger partial charge in [-0.25, -0.2) is 0 Å². The Bertz CT molecular complexity index is 786. The van der Waals surface area contributed by atoms with Gasteiger partial charge in [0.15, 0.2) is 0 Å². The second kappa shape index (κ2) is 7.33. The summed E-state index contributed by atoms with van der Waals surface area (Å²) in [4.78, 5) is 0. The van der Waals surface area contributed by atoms with Crippen LogP contribution in [0.2, 0.25) is 0 Å². The van der Waals surface area contributed by atoms with E-state index in [9.17, 15) is 10.2 Å². The fourth-order valence-corrected chi connectivity index (χ4v) is 10.2. The zero-order valence-electron chi connectivity index (χ0n) is 22.0. The molecule has 182 valence electrons. The zero-order chi connectivity index (χ0) is 23.3. The Morgan fingerprint density at radius 1 is 0.906 bits per heavy atom. The highest BCUT2D eigenvalue weighted by Gasteiger charge is 2.67. The zero-order valence-corrected chi connectivity index (χ0v) is 22.0. The van der Waals surface area contributed by atoms with Gasteiger partial charge in [0, 0.05) is 5.41 Å². The number of fused-ring (bicyclic) bond motifs is 5. The molecule has 2 heteroatoms. The Labute approximate surface area is 197 Å². The van der Waals surface area contributed by atoms with Crippen molar-refractivity contribution in [1.29, 1.82) is 0 Å². The summed E-state index contributed by atoms with van der Waals surface area (Å²) in [5.74, 6) is 5.14. The Balaban J connectivity index is 1.39. The molecule has 0 spiro atoms. The average molecular weight is 443 g/mol. The van der Waals surface area contributed by atoms with Gasteiger partial charge in [-0.15, -0.1) is 0 Å². The lowest BCUT2D eigenvalue weighted by Gasteiger charge is -2.63. The van der Waals surface area contributed by atoms with E-state index < -0.39 is 5.60 Å². The van der Waals surface area contributed by atoms with Crippen molar-refractivity contribution in [3.8, 4) is 0 Å². The molecule has 0 aromatic rings. The number of rotatable bonds is 4. The van der Waals surface area contributed by atoms with Gasteiger partial charge in [0.1, 0.15) is 0 Å². The van der Waals surface area contributed by atoms with Crippen molar-refractivity contribution in [3.63, 3.8) is 0 Å². The summed E-state index contributed by atoms with van der Waals surface area (Å²) >= 11 is 0. The molecule has 11 atom stereocenters. The largest absolute Gasteiger partial charge is 0.393 e. The van der Waals surface area contributed by atoms with Gasteiger partial charge in [-0.2, -0.15) is 0 Å². The van der Waals surface area contributed by atoms with E-state index in [0.29, 0.717) is 22.7 Å². The maximum absolute atomic E-state index is 12.3. The van der Waals surface area contributed by atoms with Crippen LogP contribution in [0, 0.1) is 57.7 Å². The van der Waals surface area contributed by atoms with Gasteiger partial charge in [-0.1, -0.05) is 60.1 Å². The number of allylic oxidation sites excluding steroid dienone is 1. The fraction of sp³-hybridized carbons (Fsp3) is 0.933. The summed E-state index contributed by atoms with van der Waals surface area (Å²) in [6, 6.07) is 0. The highest BCUT2D eigenvalue weighted by atomic mass is 16.3. The van der Waals surface area contributed by atoms with Gasteiger partial charge in [0.25, 0.3) is 0 Å². The minimum Gasteiger partial charge on any atom is -0.393 e. The molecule has 0 heterocycles. The van der Waals surface area contributed by atoms with E-state index in [-0.39, 0.29) is 11.5 Å². The van der Waals surface area contributed by atoms with E-state index in [4.69, 9.17) is 0 Å². The van der Waals surface area contributed by atoms with Crippen molar-refractivity contribution in [3.05, 3.63) is 11.6 Å². The lowest BCUT2D eigenvalue weighted by atomic mass is 9.44. The summed E-state index contributed by atoms with van der Waals surface area (Å²) in [6.07, 6.45) is 12.1. The van der Waals surface area contributed by atoms with Crippen LogP contribution in [0.4, 0.5) is 0 Å². The maximum atomic E-state index is 12.3. The Morgan fingerprint density at radius 2 is 1.62 bits per heavy atom. The minimum absolute atomic E-state index is 0.123. The quantitative estimate of drug-likeness (QED) is 0.460. The Kier molecular flexibility index (Phi) is 5.36. The second-order valence-corrected chi connectivity index (χ2v) is 14.2. The second-order valence-electron chi connectivity index (χ2n) is 14.2. The molecule has 0 amide bonds. The normalized spacial score (nSPS) is 54.3. The summed E-state index contributed by atoms with van der Waals surface area (Å²) in [5, 5.41) is 22.6. The summed E-state index contributed by atoms with van der Waals surface area (Å²) in [6.45, 7) is 17.4. The van der Waals surface area contributed by atoms with E-state index >= 15 is 0 Å². The van der Waals surface area contributed by atoms with Crippen molar-refractivity contribution in [2.45, 2.75) is 118 Å². The van der Waals surface area contributed by atoms with Crippen molar-refractivity contribution >= 4 is 0 Å². The molecule has 0 aliphatic heterocycles. The SMILES string of the molecule is CC(C)[C@@H](C)[C@@]1(C)C[C@@H]1[C@@H](C)[C@H]1CC[C@H]2[C@@H]3CC=C4C[C@@H](O)CC[C@]4(C)[C@@]3(O)CC[C@]12C. The van der Waals surface area contributed by atoms with E-state index in [0.717, 1.165) is 61.7 Å². The standard InChI is InChI=1S/C30H50O2/c1-18(2)20(4)28(6)17-26(28)19(3)23-10-11-24-25-9-8-21-16-22(31)12-13-29(21,7)30(25,32)15-14-27(23,24)5/h8,18-20,22-26,31-32H,9-17H2,1-7H3/t19-,20+,22-,23+,24-,25-,26+,27+,28+,29-,30+/m0/s1. The topological polar surface area (TPSA) is 40.5 Å². The molecule has 0 bridgehead atoms. The molecule has 5 aliphatic carbocycles. The number of aliphatic hydroxyl groups is 2. The predicted molar refractivity (Wildman–Crippen MR) is 132 cm³/mol. The van der Waals surface area contributed by atoms with Crippen molar-refractivity contribution in [2.24, 2.45) is 57.7 Å². The van der Waals surface area contributed by atoms with Crippen molar-refractivity contribution in [2.75, 3.05) is 0 Å². The first-order valence-electron chi connectivity index (χ1n) is 14.0. The first-order chi connectivity index (χ1) is 14.9. The minimum atomic E-state index is -0.570. The van der Waals surface area contributed by atoms with Gasteiger partial charge in [0.2, 0.25) is 0 Å².